The summed E-state index contributed by atoms with van der Waals surface area (Å²) in [5, 5.41) is 0. The maximum absolute atomic E-state index is 5.98. The molecule has 0 aromatic heterocycles. The molecule has 0 heterocycles. The Morgan fingerprint density at radius 2 is 1.59 bits per heavy atom. The van der Waals surface area contributed by atoms with Crippen LogP contribution in [-0.4, -0.2) is 13.2 Å². The molecule has 0 bridgehead atoms. The van der Waals surface area contributed by atoms with Gasteiger partial charge in [-0.15, -0.1) is 0 Å². The second kappa shape index (κ2) is 9.94. The fourth-order valence-electron chi connectivity index (χ4n) is 3.07. The molecule has 0 aliphatic carbocycles. The Kier molecular flexibility index (Phi) is 7.06. The van der Waals surface area contributed by atoms with E-state index in [9.17, 15) is 0 Å². The third kappa shape index (κ3) is 5.45. The number of rotatable bonds is 9. The van der Waals surface area contributed by atoms with Crippen LogP contribution in [0.15, 0.2) is 78.9 Å². The Hall–Kier alpha value is -2.58. The first-order valence-corrected chi connectivity index (χ1v) is 9.71. The topological polar surface area (TPSA) is 18.5 Å². The molecule has 0 saturated carbocycles. The summed E-state index contributed by atoms with van der Waals surface area (Å²) in [5.74, 6) is 1.48. The molecule has 1 unspecified atom stereocenters. The molecular weight excluding hydrogens is 332 g/mol. The third-order valence-corrected chi connectivity index (χ3v) is 4.86. The first-order chi connectivity index (χ1) is 13.3. The highest BCUT2D eigenvalue weighted by molar-refractivity contribution is 5.70. The Morgan fingerprint density at radius 3 is 2.41 bits per heavy atom. The zero-order valence-electron chi connectivity index (χ0n) is 16.2. The van der Waals surface area contributed by atoms with Crippen molar-refractivity contribution in [1.29, 1.82) is 0 Å². The van der Waals surface area contributed by atoms with E-state index >= 15 is 0 Å². The van der Waals surface area contributed by atoms with Gasteiger partial charge < -0.3 is 9.47 Å². The number of hydrogen-bond donors (Lipinski definition) is 0. The van der Waals surface area contributed by atoms with E-state index < -0.39 is 0 Å². The second-order valence-corrected chi connectivity index (χ2v) is 6.82. The zero-order chi connectivity index (χ0) is 18.9. The first kappa shape index (κ1) is 19.2. The minimum atomic E-state index is 0.537. The van der Waals surface area contributed by atoms with E-state index in [-0.39, 0.29) is 0 Å². The molecule has 140 valence electrons. The Morgan fingerprint density at radius 1 is 0.815 bits per heavy atom. The van der Waals surface area contributed by atoms with Gasteiger partial charge >= 0.3 is 0 Å². The quantitative estimate of drug-likeness (QED) is 0.408. The molecule has 3 aromatic carbocycles. The van der Waals surface area contributed by atoms with Crippen molar-refractivity contribution in [2.24, 2.45) is 0 Å². The Labute approximate surface area is 162 Å². The van der Waals surface area contributed by atoms with Crippen LogP contribution in [-0.2, 0) is 11.3 Å². The summed E-state index contributed by atoms with van der Waals surface area (Å²) >= 11 is 0. The van der Waals surface area contributed by atoms with Gasteiger partial charge in [-0.05, 0) is 35.1 Å². The normalized spacial score (nSPS) is 11.9. The highest BCUT2D eigenvalue weighted by Gasteiger charge is 2.06. The van der Waals surface area contributed by atoms with Crippen molar-refractivity contribution >= 4 is 0 Å². The van der Waals surface area contributed by atoms with Crippen molar-refractivity contribution < 1.29 is 9.47 Å². The smallest absolute Gasteiger partial charge is 0.127 e. The van der Waals surface area contributed by atoms with Gasteiger partial charge in [0.15, 0.2) is 0 Å². The second-order valence-electron chi connectivity index (χ2n) is 6.82. The van der Waals surface area contributed by atoms with E-state index in [1.807, 2.05) is 36.4 Å². The number of benzene rings is 3. The van der Waals surface area contributed by atoms with Gasteiger partial charge in [-0.3, -0.25) is 0 Å². The van der Waals surface area contributed by atoms with Crippen LogP contribution < -0.4 is 4.74 Å². The number of ether oxygens (including phenoxy) is 2. The van der Waals surface area contributed by atoms with Gasteiger partial charge in [0.25, 0.3) is 0 Å². The lowest BCUT2D eigenvalue weighted by molar-refractivity contribution is 0.0890. The van der Waals surface area contributed by atoms with E-state index in [4.69, 9.17) is 9.47 Å². The van der Waals surface area contributed by atoms with E-state index in [0.29, 0.717) is 25.7 Å². The molecule has 1 atom stereocenters. The van der Waals surface area contributed by atoms with Crippen LogP contribution >= 0.6 is 0 Å². The average Bonchev–Trinajstić information content (AvgIpc) is 2.74. The van der Waals surface area contributed by atoms with Crippen LogP contribution in [0.25, 0.3) is 11.1 Å². The molecule has 0 fully saturated rings. The molecule has 0 amide bonds. The summed E-state index contributed by atoms with van der Waals surface area (Å²) in [6.45, 7) is 6.20. The van der Waals surface area contributed by atoms with E-state index in [0.717, 1.165) is 23.3 Å². The zero-order valence-corrected chi connectivity index (χ0v) is 16.2. The Bertz CT molecular complexity index is 826. The highest BCUT2D eigenvalue weighted by atomic mass is 16.5. The van der Waals surface area contributed by atoms with Crippen molar-refractivity contribution in [3.63, 3.8) is 0 Å². The maximum atomic E-state index is 5.98. The highest BCUT2D eigenvalue weighted by Crippen LogP contribution is 2.29. The van der Waals surface area contributed by atoms with Crippen molar-refractivity contribution in [2.75, 3.05) is 13.2 Å². The third-order valence-electron chi connectivity index (χ3n) is 4.86. The lowest BCUT2D eigenvalue weighted by Gasteiger charge is -2.13. The predicted octanol–water partition coefficient (Wildman–Crippen LogP) is 6.46. The largest absolute Gasteiger partial charge is 0.491 e. The van der Waals surface area contributed by atoms with Crippen LogP contribution in [0.2, 0.25) is 0 Å². The van der Waals surface area contributed by atoms with Gasteiger partial charge in [-0.1, -0.05) is 86.6 Å². The number of para-hydroxylation sites is 1. The van der Waals surface area contributed by atoms with Gasteiger partial charge in [0.1, 0.15) is 12.4 Å². The molecule has 0 spiro atoms. The Balaban J connectivity index is 1.50. The summed E-state index contributed by atoms with van der Waals surface area (Å²) in [5.41, 5.74) is 4.87. The molecule has 3 aromatic rings. The summed E-state index contributed by atoms with van der Waals surface area (Å²) in [6.07, 6.45) is 1.15. The standard InChI is InChI=1S/C25H28O2/c1-3-20(2)23-13-9-10-21(18-23)19-26-16-17-27-25-15-8-7-14-24(25)22-11-5-4-6-12-22/h4-15,18,20H,3,16-17,19H2,1-2H3. The SMILES string of the molecule is CCC(C)c1cccc(COCCOc2ccccc2-c2ccccc2)c1. The van der Waals surface area contributed by atoms with Crippen molar-refractivity contribution in [2.45, 2.75) is 32.8 Å². The van der Waals surface area contributed by atoms with Gasteiger partial charge in [-0.25, -0.2) is 0 Å². The van der Waals surface area contributed by atoms with Crippen LogP contribution in [0.1, 0.15) is 37.3 Å². The van der Waals surface area contributed by atoms with Crippen LogP contribution in [0.5, 0.6) is 5.75 Å². The van der Waals surface area contributed by atoms with Crippen LogP contribution in [0.4, 0.5) is 0 Å². The summed E-state index contributed by atoms with van der Waals surface area (Å²) in [4.78, 5) is 0. The fraction of sp³-hybridized carbons (Fsp3) is 0.280. The van der Waals surface area contributed by atoms with Crippen LogP contribution in [0, 0.1) is 0 Å². The molecule has 0 saturated heterocycles. The van der Waals surface area contributed by atoms with Gasteiger partial charge in [-0.2, -0.15) is 0 Å². The monoisotopic (exact) mass is 360 g/mol. The summed E-state index contributed by atoms with van der Waals surface area (Å²) < 4.78 is 11.8. The molecule has 2 nitrogen and oxygen atoms in total. The minimum Gasteiger partial charge on any atom is -0.491 e. The van der Waals surface area contributed by atoms with Crippen molar-refractivity contribution in [3.05, 3.63) is 90.0 Å². The lowest BCUT2D eigenvalue weighted by Crippen LogP contribution is -2.07. The molecular formula is C25H28O2. The van der Waals surface area contributed by atoms with Crippen LogP contribution in [0.3, 0.4) is 0 Å². The number of hydrogen-bond acceptors (Lipinski definition) is 2. The molecule has 0 aliphatic heterocycles. The minimum absolute atomic E-state index is 0.537. The molecule has 3 rings (SSSR count). The molecule has 27 heavy (non-hydrogen) atoms. The van der Waals surface area contributed by atoms with Gasteiger partial charge in [0.2, 0.25) is 0 Å². The van der Waals surface area contributed by atoms with Gasteiger partial charge in [0, 0.05) is 5.56 Å². The lowest BCUT2D eigenvalue weighted by atomic mass is 9.97. The van der Waals surface area contributed by atoms with Crippen molar-refractivity contribution in [1.82, 2.24) is 0 Å². The average molecular weight is 360 g/mol. The van der Waals surface area contributed by atoms with Crippen molar-refractivity contribution in [3.8, 4) is 16.9 Å². The van der Waals surface area contributed by atoms with E-state index in [1.54, 1.807) is 0 Å². The fourth-order valence-corrected chi connectivity index (χ4v) is 3.07. The van der Waals surface area contributed by atoms with E-state index in [2.05, 4.69) is 56.3 Å². The summed E-state index contributed by atoms with van der Waals surface area (Å²) in [6, 6.07) is 27.1. The molecule has 2 heteroatoms. The predicted molar refractivity (Wildman–Crippen MR) is 112 cm³/mol. The molecule has 0 aliphatic rings. The summed E-state index contributed by atoms with van der Waals surface area (Å²) in [7, 11) is 0. The maximum Gasteiger partial charge on any atom is 0.127 e. The molecule has 0 N–H and O–H groups in total. The molecule has 0 radical (unpaired) electrons. The first-order valence-electron chi connectivity index (χ1n) is 9.71. The van der Waals surface area contributed by atoms with E-state index in [1.165, 1.54) is 11.1 Å². The van der Waals surface area contributed by atoms with Gasteiger partial charge in [0.05, 0.1) is 13.2 Å².